The molecule has 0 saturated heterocycles. The molecule has 2 N–H and O–H groups in total. The number of amides is 2. The number of hydrogen-bond acceptors (Lipinski definition) is 4. The molecule has 1 heterocycles. The molecule has 3 rings (SSSR count). The smallest absolute Gasteiger partial charge is 0.231 e. The second kappa shape index (κ2) is 5.87. The number of anilines is 1. The Morgan fingerprint density at radius 2 is 1.95 bits per heavy atom. The minimum Gasteiger partial charge on any atom is -0.454 e. The highest BCUT2D eigenvalue weighted by Crippen LogP contribution is 2.40. The molecule has 6 heteroatoms. The molecule has 6 nitrogen and oxygen atoms in total. The fourth-order valence-corrected chi connectivity index (χ4v) is 2.44. The third-order valence-electron chi connectivity index (χ3n) is 4.11. The van der Waals surface area contributed by atoms with Gasteiger partial charge in [0.15, 0.2) is 11.5 Å². The van der Waals surface area contributed by atoms with E-state index in [0.717, 1.165) is 6.42 Å². The number of carbonyl (C=O) groups is 2. The van der Waals surface area contributed by atoms with Gasteiger partial charge in [0.1, 0.15) is 0 Å². The van der Waals surface area contributed by atoms with Crippen molar-refractivity contribution in [3.8, 4) is 11.5 Å². The first-order chi connectivity index (χ1) is 10.6. The lowest BCUT2D eigenvalue weighted by atomic mass is 10.2. The van der Waals surface area contributed by atoms with Crippen LogP contribution in [0, 0.1) is 11.8 Å². The van der Waals surface area contributed by atoms with Crippen molar-refractivity contribution in [2.45, 2.75) is 32.7 Å². The van der Waals surface area contributed by atoms with Crippen LogP contribution in [-0.2, 0) is 9.59 Å². The summed E-state index contributed by atoms with van der Waals surface area (Å²) >= 11 is 0. The molecular weight excluding hydrogens is 284 g/mol. The monoisotopic (exact) mass is 304 g/mol. The van der Waals surface area contributed by atoms with E-state index in [-0.39, 0.29) is 36.5 Å². The average Bonchev–Trinajstić information content (AvgIpc) is 3.18. The van der Waals surface area contributed by atoms with E-state index in [4.69, 9.17) is 9.47 Å². The molecule has 118 valence electrons. The van der Waals surface area contributed by atoms with Gasteiger partial charge in [0.05, 0.1) is 11.8 Å². The topological polar surface area (TPSA) is 76.7 Å². The maximum absolute atomic E-state index is 12.2. The largest absolute Gasteiger partial charge is 0.454 e. The summed E-state index contributed by atoms with van der Waals surface area (Å²) in [6, 6.07) is 5.40. The van der Waals surface area contributed by atoms with E-state index < -0.39 is 0 Å². The second-order valence-corrected chi connectivity index (χ2v) is 5.82. The Hall–Kier alpha value is -2.24. The molecule has 0 spiro atoms. The van der Waals surface area contributed by atoms with E-state index in [1.807, 2.05) is 13.8 Å². The van der Waals surface area contributed by atoms with Gasteiger partial charge in [0.25, 0.3) is 0 Å². The molecule has 2 aliphatic rings. The quantitative estimate of drug-likeness (QED) is 0.871. The number of benzene rings is 1. The SMILES string of the molecule is CCC(C)NC(=O)C1CC1C(=O)Nc1ccc2c(c1)OCO2. The Balaban J connectivity index is 1.54. The Morgan fingerprint density at radius 3 is 2.73 bits per heavy atom. The zero-order chi connectivity index (χ0) is 15.7. The number of carbonyl (C=O) groups excluding carboxylic acids is 2. The van der Waals surface area contributed by atoms with Crippen LogP contribution in [-0.4, -0.2) is 24.6 Å². The van der Waals surface area contributed by atoms with Crippen LogP contribution in [0.15, 0.2) is 18.2 Å². The van der Waals surface area contributed by atoms with Gasteiger partial charge in [-0.05, 0) is 31.9 Å². The standard InChI is InChI=1S/C16H20N2O4/c1-3-9(2)17-15(19)11-7-12(11)16(20)18-10-4-5-13-14(6-10)22-8-21-13/h4-6,9,11-12H,3,7-8H2,1-2H3,(H,17,19)(H,18,20). The predicted molar refractivity (Wildman–Crippen MR) is 80.7 cm³/mol. The molecule has 1 aliphatic carbocycles. The van der Waals surface area contributed by atoms with Crippen molar-refractivity contribution < 1.29 is 19.1 Å². The van der Waals surface area contributed by atoms with Gasteiger partial charge in [0.2, 0.25) is 18.6 Å². The molecular formula is C16H20N2O4. The van der Waals surface area contributed by atoms with Crippen molar-refractivity contribution in [2.75, 3.05) is 12.1 Å². The number of nitrogens with one attached hydrogen (secondary N) is 2. The molecule has 22 heavy (non-hydrogen) atoms. The maximum Gasteiger partial charge on any atom is 0.231 e. The van der Waals surface area contributed by atoms with Gasteiger partial charge in [-0.15, -0.1) is 0 Å². The fourth-order valence-electron chi connectivity index (χ4n) is 2.44. The summed E-state index contributed by atoms with van der Waals surface area (Å²) < 4.78 is 10.5. The fraction of sp³-hybridized carbons (Fsp3) is 0.500. The van der Waals surface area contributed by atoms with Gasteiger partial charge >= 0.3 is 0 Å². The number of rotatable bonds is 5. The third kappa shape index (κ3) is 3.00. The van der Waals surface area contributed by atoms with Gasteiger partial charge in [-0.1, -0.05) is 6.92 Å². The van der Waals surface area contributed by atoms with Gasteiger partial charge in [0, 0.05) is 17.8 Å². The average molecular weight is 304 g/mol. The molecule has 0 bridgehead atoms. The van der Waals surface area contributed by atoms with Crippen molar-refractivity contribution in [2.24, 2.45) is 11.8 Å². The summed E-state index contributed by atoms with van der Waals surface area (Å²) in [7, 11) is 0. The lowest BCUT2D eigenvalue weighted by Gasteiger charge is -2.11. The highest BCUT2D eigenvalue weighted by atomic mass is 16.7. The van der Waals surface area contributed by atoms with E-state index in [0.29, 0.717) is 23.6 Å². The van der Waals surface area contributed by atoms with Gasteiger partial charge < -0.3 is 20.1 Å². The number of hydrogen-bond donors (Lipinski definition) is 2. The molecule has 1 aliphatic heterocycles. The maximum atomic E-state index is 12.2. The Labute approximate surface area is 129 Å². The lowest BCUT2D eigenvalue weighted by molar-refractivity contribution is -0.125. The molecule has 3 unspecified atom stereocenters. The number of ether oxygens (including phenoxy) is 2. The summed E-state index contributed by atoms with van der Waals surface area (Å²) in [5.74, 6) is 0.704. The summed E-state index contributed by atoms with van der Waals surface area (Å²) in [6.07, 6.45) is 1.49. The van der Waals surface area contributed by atoms with Crippen molar-refractivity contribution in [1.29, 1.82) is 0 Å². The van der Waals surface area contributed by atoms with E-state index in [2.05, 4.69) is 10.6 Å². The highest BCUT2D eigenvalue weighted by molar-refractivity contribution is 5.99. The van der Waals surface area contributed by atoms with Crippen molar-refractivity contribution in [3.05, 3.63) is 18.2 Å². The van der Waals surface area contributed by atoms with Gasteiger partial charge in [-0.2, -0.15) is 0 Å². The van der Waals surface area contributed by atoms with Crippen LogP contribution in [0.25, 0.3) is 0 Å². The first-order valence-corrected chi connectivity index (χ1v) is 7.59. The Morgan fingerprint density at radius 1 is 1.23 bits per heavy atom. The summed E-state index contributed by atoms with van der Waals surface area (Å²) in [5, 5.41) is 5.75. The van der Waals surface area contributed by atoms with Crippen molar-refractivity contribution in [1.82, 2.24) is 5.32 Å². The summed E-state index contributed by atoms with van der Waals surface area (Å²) in [6.45, 7) is 4.18. The lowest BCUT2D eigenvalue weighted by Crippen LogP contribution is -2.34. The summed E-state index contributed by atoms with van der Waals surface area (Å²) in [4.78, 5) is 24.1. The third-order valence-corrected chi connectivity index (χ3v) is 4.11. The molecule has 1 aromatic carbocycles. The Kier molecular flexibility index (Phi) is 3.92. The van der Waals surface area contributed by atoms with Crippen LogP contribution in [0.5, 0.6) is 11.5 Å². The van der Waals surface area contributed by atoms with E-state index >= 15 is 0 Å². The number of fused-ring (bicyclic) bond motifs is 1. The minimum absolute atomic E-state index is 0.0276. The molecule has 2 amide bonds. The van der Waals surface area contributed by atoms with Crippen LogP contribution in [0.2, 0.25) is 0 Å². The zero-order valence-corrected chi connectivity index (χ0v) is 12.7. The first kappa shape index (κ1) is 14.7. The van der Waals surface area contributed by atoms with Crippen LogP contribution >= 0.6 is 0 Å². The molecule has 0 aromatic heterocycles. The molecule has 1 saturated carbocycles. The Bertz CT molecular complexity index is 602. The molecule has 3 atom stereocenters. The second-order valence-electron chi connectivity index (χ2n) is 5.82. The normalized spacial score (nSPS) is 22.8. The van der Waals surface area contributed by atoms with Gasteiger partial charge in [-0.25, -0.2) is 0 Å². The zero-order valence-electron chi connectivity index (χ0n) is 12.7. The van der Waals surface area contributed by atoms with E-state index in [1.54, 1.807) is 18.2 Å². The molecule has 1 aromatic rings. The first-order valence-electron chi connectivity index (χ1n) is 7.59. The predicted octanol–water partition coefficient (Wildman–Crippen LogP) is 1.90. The van der Waals surface area contributed by atoms with E-state index in [9.17, 15) is 9.59 Å². The molecule has 1 fully saturated rings. The summed E-state index contributed by atoms with van der Waals surface area (Å²) in [5.41, 5.74) is 0.655. The molecule has 0 radical (unpaired) electrons. The van der Waals surface area contributed by atoms with Crippen LogP contribution in [0.4, 0.5) is 5.69 Å². The van der Waals surface area contributed by atoms with Gasteiger partial charge in [-0.3, -0.25) is 9.59 Å². The van der Waals surface area contributed by atoms with Crippen molar-refractivity contribution in [3.63, 3.8) is 0 Å². The van der Waals surface area contributed by atoms with Crippen molar-refractivity contribution >= 4 is 17.5 Å². The van der Waals surface area contributed by atoms with Crippen LogP contribution in [0.1, 0.15) is 26.7 Å². The van der Waals surface area contributed by atoms with E-state index in [1.165, 1.54) is 0 Å². The minimum atomic E-state index is -0.241. The van der Waals surface area contributed by atoms with Crippen LogP contribution in [0.3, 0.4) is 0 Å². The highest BCUT2D eigenvalue weighted by Gasteiger charge is 2.48. The van der Waals surface area contributed by atoms with Crippen LogP contribution < -0.4 is 20.1 Å².